The third-order valence-corrected chi connectivity index (χ3v) is 6.21. The Labute approximate surface area is 140 Å². The van der Waals surface area contributed by atoms with Crippen molar-refractivity contribution in [2.75, 3.05) is 26.7 Å². The van der Waals surface area contributed by atoms with Gasteiger partial charge in [-0.2, -0.15) is 4.31 Å². The van der Waals surface area contributed by atoms with E-state index in [0.717, 1.165) is 17.7 Å². The van der Waals surface area contributed by atoms with Crippen LogP contribution in [-0.2, 0) is 10.0 Å². The van der Waals surface area contributed by atoms with Crippen LogP contribution < -0.4 is 0 Å². The van der Waals surface area contributed by atoms with E-state index in [-0.39, 0.29) is 19.1 Å². The van der Waals surface area contributed by atoms with Gasteiger partial charge in [0.15, 0.2) is 0 Å². The van der Waals surface area contributed by atoms with Gasteiger partial charge in [-0.25, -0.2) is 17.2 Å². The van der Waals surface area contributed by atoms with Gasteiger partial charge in [-0.15, -0.1) is 0 Å². The largest absolute Gasteiger partial charge is 0.297 e. The summed E-state index contributed by atoms with van der Waals surface area (Å²) in [6, 6.07) is 12.0. The van der Waals surface area contributed by atoms with E-state index in [4.69, 9.17) is 0 Å². The molecule has 24 heavy (non-hydrogen) atoms. The maximum atomic E-state index is 13.9. The van der Waals surface area contributed by atoms with E-state index < -0.39 is 26.6 Å². The first-order valence-electron chi connectivity index (χ1n) is 7.60. The molecule has 1 fully saturated rings. The fourth-order valence-electron chi connectivity index (χ4n) is 2.93. The minimum atomic E-state index is -4.01. The summed E-state index contributed by atoms with van der Waals surface area (Å²) in [5.74, 6) is -1.86. The molecule has 1 aliphatic rings. The van der Waals surface area contributed by atoms with Crippen LogP contribution in [0.3, 0.4) is 0 Å². The monoisotopic (exact) mass is 352 g/mol. The molecule has 0 spiro atoms. The molecule has 1 atom stereocenters. The van der Waals surface area contributed by atoms with Gasteiger partial charge in [-0.3, -0.25) is 4.90 Å². The van der Waals surface area contributed by atoms with Crippen molar-refractivity contribution in [1.82, 2.24) is 9.21 Å². The normalized spacial score (nSPS) is 20.2. The predicted octanol–water partition coefficient (Wildman–Crippen LogP) is 2.64. The Balaban J connectivity index is 1.91. The molecular weight excluding hydrogens is 334 g/mol. The van der Waals surface area contributed by atoms with E-state index in [1.165, 1.54) is 4.31 Å². The highest BCUT2D eigenvalue weighted by atomic mass is 32.2. The van der Waals surface area contributed by atoms with Crippen LogP contribution in [0.5, 0.6) is 0 Å². The number of likely N-dealkylation sites (N-methyl/N-ethyl adjacent to an activating group) is 1. The molecule has 0 bridgehead atoms. The van der Waals surface area contributed by atoms with Crippen LogP contribution >= 0.6 is 0 Å². The lowest BCUT2D eigenvalue weighted by Crippen LogP contribution is -2.49. The van der Waals surface area contributed by atoms with Gasteiger partial charge in [0.1, 0.15) is 16.5 Å². The Morgan fingerprint density at radius 3 is 2.42 bits per heavy atom. The van der Waals surface area contributed by atoms with E-state index in [9.17, 15) is 17.2 Å². The quantitative estimate of drug-likeness (QED) is 0.853. The van der Waals surface area contributed by atoms with Crippen LogP contribution in [0, 0.1) is 11.6 Å². The summed E-state index contributed by atoms with van der Waals surface area (Å²) >= 11 is 0. The molecule has 0 amide bonds. The second kappa shape index (κ2) is 6.58. The van der Waals surface area contributed by atoms with Crippen LogP contribution in [0.1, 0.15) is 11.6 Å². The molecule has 2 aromatic rings. The topological polar surface area (TPSA) is 40.6 Å². The molecule has 1 saturated heterocycles. The number of piperazine rings is 1. The first-order valence-corrected chi connectivity index (χ1v) is 9.04. The van der Waals surface area contributed by atoms with Crippen LogP contribution in [0.4, 0.5) is 8.78 Å². The number of rotatable bonds is 3. The van der Waals surface area contributed by atoms with Crippen LogP contribution in [0.15, 0.2) is 53.4 Å². The molecule has 0 aliphatic carbocycles. The third kappa shape index (κ3) is 3.19. The summed E-state index contributed by atoms with van der Waals surface area (Å²) in [6.45, 7) is 1.01. The van der Waals surface area contributed by atoms with Crippen molar-refractivity contribution in [3.8, 4) is 0 Å². The first kappa shape index (κ1) is 17.0. The Hall–Kier alpha value is -1.83. The van der Waals surface area contributed by atoms with E-state index >= 15 is 0 Å². The summed E-state index contributed by atoms with van der Waals surface area (Å²) in [5.41, 5.74) is 1.000. The maximum absolute atomic E-state index is 13.9. The van der Waals surface area contributed by atoms with Gasteiger partial charge in [0.25, 0.3) is 0 Å². The van der Waals surface area contributed by atoms with Crippen LogP contribution in [-0.4, -0.2) is 44.3 Å². The summed E-state index contributed by atoms with van der Waals surface area (Å²) in [4.78, 5) is 1.59. The summed E-state index contributed by atoms with van der Waals surface area (Å²) in [7, 11) is -2.08. The summed E-state index contributed by atoms with van der Waals surface area (Å²) < 4.78 is 53.8. The number of benzene rings is 2. The number of hydrogen-bond donors (Lipinski definition) is 0. The number of nitrogens with zero attached hydrogens (tertiary/aromatic N) is 2. The highest BCUT2D eigenvalue weighted by Crippen LogP contribution is 2.28. The number of hydrogen-bond acceptors (Lipinski definition) is 3. The second-order valence-electron chi connectivity index (χ2n) is 5.84. The molecule has 7 heteroatoms. The second-order valence-corrected chi connectivity index (χ2v) is 7.75. The first-order chi connectivity index (χ1) is 11.4. The van der Waals surface area contributed by atoms with Crippen molar-refractivity contribution >= 4 is 10.0 Å². The molecule has 1 heterocycles. The Bertz CT molecular complexity index is 828. The van der Waals surface area contributed by atoms with E-state index in [1.54, 1.807) is 0 Å². The summed E-state index contributed by atoms with van der Waals surface area (Å²) in [5, 5.41) is 0. The Morgan fingerprint density at radius 2 is 1.75 bits per heavy atom. The average molecular weight is 352 g/mol. The molecule has 3 rings (SSSR count). The molecule has 4 nitrogen and oxygen atoms in total. The van der Waals surface area contributed by atoms with Crippen molar-refractivity contribution in [1.29, 1.82) is 0 Å². The average Bonchev–Trinajstić information content (AvgIpc) is 2.55. The Kier molecular flexibility index (Phi) is 4.67. The Morgan fingerprint density at radius 1 is 1.04 bits per heavy atom. The van der Waals surface area contributed by atoms with Gasteiger partial charge < -0.3 is 0 Å². The molecule has 1 aliphatic heterocycles. The zero-order valence-corrected chi connectivity index (χ0v) is 14.0. The van der Waals surface area contributed by atoms with Crippen molar-refractivity contribution in [2.24, 2.45) is 0 Å². The number of sulfonamides is 1. The van der Waals surface area contributed by atoms with E-state index in [1.807, 2.05) is 37.4 Å². The molecule has 2 aromatic carbocycles. The predicted molar refractivity (Wildman–Crippen MR) is 86.9 cm³/mol. The van der Waals surface area contributed by atoms with Crippen molar-refractivity contribution in [3.05, 3.63) is 65.7 Å². The van der Waals surface area contributed by atoms with Gasteiger partial charge in [0.05, 0.1) is 0 Å². The highest BCUT2D eigenvalue weighted by molar-refractivity contribution is 7.89. The molecule has 0 radical (unpaired) electrons. The fourth-order valence-corrected chi connectivity index (χ4v) is 4.41. The van der Waals surface area contributed by atoms with Crippen molar-refractivity contribution in [2.45, 2.75) is 10.9 Å². The van der Waals surface area contributed by atoms with Crippen LogP contribution in [0.25, 0.3) is 0 Å². The van der Waals surface area contributed by atoms with Crippen molar-refractivity contribution in [3.63, 3.8) is 0 Å². The minimum absolute atomic E-state index is 0.113. The lowest BCUT2D eigenvalue weighted by Gasteiger charge is -2.39. The molecule has 0 aromatic heterocycles. The van der Waals surface area contributed by atoms with Crippen LogP contribution in [0.2, 0.25) is 0 Å². The molecule has 128 valence electrons. The maximum Gasteiger partial charge on any atom is 0.246 e. The van der Waals surface area contributed by atoms with Gasteiger partial charge in [-0.1, -0.05) is 30.3 Å². The minimum Gasteiger partial charge on any atom is -0.297 e. The molecular formula is C17H18F2N2O2S. The lowest BCUT2D eigenvalue weighted by molar-refractivity contribution is 0.148. The van der Waals surface area contributed by atoms with Gasteiger partial charge in [0.2, 0.25) is 10.0 Å². The standard InChI is InChI=1S/C17H18F2N2O2S/c1-20-9-10-21(12-16(20)13-5-3-2-4-6-13)24(22,23)17-8-7-14(18)11-15(17)19/h2-8,11,16H,9-10,12H2,1H3. The number of halogens is 2. The fraction of sp³-hybridized carbons (Fsp3) is 0.294. The molecule has 0 saturated carbocycles. The smallest absolute Gasteiger partial charge is 0.246 e. The zero-order valence-electron chi connectivity index (χ0n) is 13.2. The molecule has 1 unspecified atom stereocenters. The van der Waals surface area contributed by atoms with E-state index in [2.05, 4.69) is 4.90 Å². The summed E-state index contributed by atoms with van der Waals surface area (Å²) in [6.07, 6.45) is 0. The molecule has 0 N–H and O–H groups in total. The SMILES string of the molecule is CN1CCN(S(=O)(=O)c2ccc(F)cc2F)CC1c1ccccc1. The highest BCUT2D eigenvalue weighted by Gasteiger charge is 2.34. The van der Waals surface area contributed by atoms with Gasteiger partial charge in [0, 0.05) is 31.7 Å². The lowest BCUT2D eigenvalue weighted by atomic mass is 10.0. The van der Waals surface area contributed by atoms with Gasteiger partial charge >= 0.3 is 0 Å². The zero-order chi connectivity index (χ0) is 17.3. The van der Waals surface area contributed by atoms with Crippen molar-refractivity contribution < 1.29 is 17.2 Å². The van der Waals surface area contributed by atoms with Gasteiger partial charge in [-0.05, 0) is 24.7 Å². The third-order valence-electron chi connectivity index (χ3n) is 4.31. The van der Waals surface area contributed by atoms with E-state index in [0.29, 0.717) is 12.6 Å².